The fourth-order valence-corrected chi connectivity index (χ4v) is 4.22. The lowest BCUT2D eigenvalue weighted by molar-refractivity contribution is 0.0318. The molecule has 2 N–H and O–H groups in total. The predicted octanol–water partition coefficient (Wildman–Crippen LogP) is 3.36. The second-order valence-electron chi connectivity index (χ2n) is 6.03. The lowest BCUT2D eigenvalue weighted by atomic mass is 9.75. The maximum absolute atomic E-state index is 11.7. The van der Waals surface area contributed by atoms with Crippen LogP contribution in [0.2, 0.25) is 0 Å². The van der Waals surface area contributed by atoms with E-state index in [0.29, 0.717) is 0 Å². The molecule has 1 atom stereocenters. The fraction of sp³-hybridized carbons (Fsp3) is 0.333. The van der Waals surface area contributed by atoms with Gasteiger partial charge in [-0.25, -0.2) is 0 Å². The summed E-state index contributed by atoms with van der Waals surface area (Å²) in [6, 6.07) is 19.9. The van der Waals surface area contributed by atoms with E-state index in [1.807, 2.05) is 72.4 Å². The van der Waals surface area contributed by atoms with Gasteiger partial charge in [0.2, 0.25) is 0 Å². The van der Waals surface area contributed by atoms with Crippen LogP contribution in [-0.4, -0.2) is 21.8 Å². The summed E-state index contributed by atoms with van der Waals surface area (Å²) in [6.45, 7) is 4.39. The first-order valence-corrected chi connectivity index (χ1v) is 8.24. The first kappa shape index (κ1) is 14.6. The maximum Gasteiger partial charge on any atom is 0.131 e. The monoisotopic (exact) mass is 299 g/mol. The molecule has 1 saturated heterocycles. The summed E-state index contributed by atoms with van der Waals surface area (Å²) < 4.78 is -0.0412. The van der Waals surface area contributed by atoms with Crippen LogP contribution < -0.4 is 5.32 Å². The minimum Gasteiger partial charge on any atom is -0.379 e. The molecule has 0 radical (unpaired) electrons. The molecule has 2 aromatic carbocycles. The third-order valence-corrected chi connectivity index (χ3v) is 5.56. The van der Waals surface area contributed by atoms with Crippen LogP contribution in [0, 0.1) is 0 Å². The molecule has 2 nitrogen and oxygen atoms in total. The Balaban J connectivity index is 2.16. The number of hydrogen-bond acceptors (Lipinski definition) is 3. The van der Waals surface area contributed by atoms with Crippen LogP contribution in [0.5, 0.6) is 0 Å². The van der Waals surface area contributed by atoms with Crippen molar-refractivity contribution < 1.29 is 5.11 Å². The molecule has 0 aliphatic carbocycles. The predicted molar refractivity (Wildman–Crippen MR) is 89.3 cm³/mol. The zero-order valence-electron chi connectivity index (χ0n) is 12.4. The van der Waals surface area contributed by atoms with Crippen molar-refractivity contribution in [2.75, 3.05) is 5.88 Å². The quantitative estimate of drug-likeness (QED) is 0.911. The molecule has 0 amide bonds. The van der Waals surface area contributed by atoms with Crippen LogP contribution in [0.1, 0.15) is 25.0 Å². The van der Waals surface area contributed by atoms with Crippen LogP contribution in [-0.2, 0) is 5.60 Å². The van der Waals surface area contributed by atoms with E-state index in [4.69, 9.17) is 0 Å². The molecule has 3 heteroatoms. The number of aliphatic hydroxyl groups is 1. The first-order chi connectivity index (χ1) is 10.0. The highest BCUT2D eigenvalue weighted by molar-refractivity contribution is 8.00. The Bertz CT molecular complexity index is 558. The molecule has 1 heterocycles. The van der Waals surface area contributed by atoms with Gasteiger partial charge in [0.25, 0.3) is 0 Å². The minimum atomic E-state index is -1.03. The van der Waals surface area contributed by atoms with Gasteiger partial charge < -0.3 is 10.4 Å². The van der Waals surface area contributed by atoms with Crippen LogP contribution in [0.4, 0.5) is 0 Å². The topological polar surface area (TPSA) is 32.3 Å². The lowest BCUT2D eigenvalue weighted by Gasteiger charge is -2.41. The van der Waals surface area contributed by atoms with Crippen molar-refractivity contribution >= 4 is 11.8 Å². The summed E-state index contributed by atoms with van der Waals surface area (Å²) in [5, 5.41) is 15.2. The molecule has 21 heavy (non-hydrogen) atoms. The Hall–Kier alpha value is -1.29. The Morgan fingerprint density at radius 1 is 1.00 bits per heavy atom. The number of benzene rings is 2. The smallest absolute Gasteiger partial charge is 0.131 e. The van der Waals surface area contributed by atoms with E-state index >= 15 is 0 Å². The highest BCUT2D eigenvalue weighted by atomic mass is 32.2. The molecular weight excluding hydrogens is 278 g/mol. The SMILES string of the molecule is CC1(C)SCN[C@H]1C(O)(c1ccccc1)c1ccccc1. The van der Waals surface area contributed by atoms with Gasteiger partial charge in [0, 0.05) is 10.6 Å². The Labute approximate surface area is 130 Å². The van der Waals surface area contributed by atoms with E-state index in [-0.39, 0.29) is 10.8 Å². The van der Waals surface area contributed by atoms with Gasteiger partial charge in [-0.05, 0) is 25.0 Å². The van der Waals surface area contributed by atoms with Crippen LogP contribution >= 0.6 is 11.8 Å². The van der Waals surface area contributed by atoms with E-state index in [0.717, 1.165) is 17.0 Å². The van der Waals surface area contributed by atoms with Crippen molar-refractivity contribution in [2.45, 2.75) is 30.2 Å². The molecule has 0 aromatic heterocycles. The second-order valence-corrected chi connectivity index (χ2v) is 7.66. The number of nitrogens with one attached hydrogen (secondary N) is 1. The summed E-state index contributed by atoms with van der Waals surface area (Å²) in [5.41, 5.74) is 0.837. The average molecular weight is 299 g/mol. The van der Waals surface area contributed by atoms with Crippen LogP contribution in [0.3, 0.4) is 0 Å². The van der Waals surface area contributed by atoms with Crippen molar-refractivity contribution in [3.05, 3.63) is 71.8 Å². The molecule has 1 aliphatic heterocycles. The van der Waals surface area contributed by atoms with Gasteiger partial charge in [-0.2, -0.15) is 0 Å². The van der Waals surface area contributed by atoms with Gasteiger partial charge >= 0.3 is 0 Å². The third-order valence-electron chi connectivity index (χ3n) is 4.27. The van der Waals surface area contributed by atoms with Gasteiger partial charge in [-0.3, -0.25) is 0 Å². The summed E-state index contributed by atoms with van der Waals surface area (Å²) in [4.78, 5) is 0. The van der Waals surface area contributed by atoms with Gasteiger partial charge in [-0.15, -0.1) is 11.8 Å². The summed E-state index contributed by atoms with van der Waals surface area (Å²) in [5.74, 6) is 0.861. The van der Waals surface area contributed by atoms with Crippen molar-refractivity contribution in [2.24, 2.45) is 0 Å². The van der Waals surface area contributed by atoms with Crippen molar-refractivity contribution in [1.82, 2.24) is 5.32 Å². The van der Waals surface area contributed by atoms with Crippen LogP contribution in [0.15, 0.2) is 60.7 Å². The maximum atomic E-state index is 11.7. The third kappa shape index (κ3) is 2.50. The largest absolute Gasteiger partial charge is 0.379 e. The molecule has 1 aliphatic rings. The van der Waals surface area contributed by atoms with Gasteiger partial charge in [0.05, 0.1) is 6.04 Å². The zero-order valence-corrected chi connectivity index (χ0v) is 13.2. The van der Waals surface area contributed by atoms with Crippen LogP contribution in [0.25, 0.3) is 0 Å². The molecule has 3 rings (SSSR count). The molecule has 0 bridgehead atoms. The average Bonchev–Trinajstić information content (AvgIpc) is 2.88. The van der Waals surface area contributed by atoms with E-state index in [1.165, 1.54) is 0 Å². The highest BCUT2D eigenvalue weighted by Crippen LogP contribution is 2.45. The van der Waals surface area contributed by atoms with Crippen molar-refractivity contribution in [3.8, 4) is 0 Å². The normalized spacial score (nSPS) is 21.4. The van der Waals surface area contributed by atoms with E-state index in [2.05, 4.69) is 19.2 Å². The number of rotatable bonds is 3. The standard InChI is InChI=1S/C18H21NOS/c1-17(2)16(19-13-21-17)18(20,14-9-5-3-6-10-14)15-11-7-4-8-12-15/h3-12,16,19-20H,13H2,1-2H3/t16-/m1/s1. The van der Waals surface area contributed by atoms with Gasteiger partial charge in [0.1, 0.15) is 5.60 Å². The van der Waals surface area contributed by atoms with Gasteiger partial charge in [0.15, 0.2) is 0 Å². The molecule has 2 aromatic rings. The fourth-order valence-electron chi connectivity index (χ4n) is 3.18. The Kier molecular flexibility index (Phi) is 3.82. The summed E-state index contributed by atoms with van der Waals surface area (Å²) >= 11 is 1.85. The van der Waals surface area contributed by atoms with Gasteiger partial charge in [-0.1, -0.05) is 60.7 Å². The zero-order chi connectivity index (χ0) is 14.9. The summed E-state index contributed by atoms with van der Waals surface area (Å²) in [7, 11) is 0. The second kappa shape index (κ2) is 5.48. The first-order valence-electron chi connectivity index (χ1n) is 7.26. The Morgan fingerprint density at radius 3 is 1.86 bits per heavy atom. The highest BCUT2D eigenvalue weighted by Gasteiger charge is 2.50. The van der Waals surface area contributed by atoms with E-state index in [1.54, 1.807) is 0 Å². The number of hydrogen-bond donors (Lipinski definition) is 2. The molecule has 0 saturated carbocycles. The molecule has 0 unspecified atom stereocenters. The summed E-state index contributed by atoms with van der Waals surface area (Å²) in [6.07, 6.45) is 0. The molecule has 0 spiro atoms. The number of thioether (sulfide) groups is 1. The minimum absolute atomic E-state index is 0.0412. The van der Waals surface area contributed by atoms with E-state index < -0.39 is 5.60 Å². The molecule has 110 valence electrons. The molecular formula is C18H21NOS. The molecule has 1 fully saturated rings. The lowest BCUT2D eigenvalue weighted by Crippen LogP contribution is -2.54. The van der Waals surface area contributed by atoms with Crippen molar-refractivity contribution in [1.29, 1.82) is 0 Å². The Morgan fingerprint density at radius 2 is 1.48 bits per heavy atom. The van der Waals surface area contributed by atoms with Crippen molar-refractivity contribution in [3.63, 3.8) is 0 Å². The van der Waals surface area contributed by atoms with E-state index in [9.17, 15) is 5.11 Å².